The van der Waals surface area contributed by atoms with Gasteiger partial charge in [-0.2, -0.15) is 0 Å². The zero-order chi connectivity index (χ0) is 14.1. The Labute approximate surface area is 115 Å². The number of aromatic hydroxyl groups is 1. The molecule has 1 aromatic rings. The van der Waals surface area contributed by atoms with Crippen molar-refractivity contribution in [2.24, 2.45) is 0 Å². The molecule has 0 saturated heterocycles. The van der Waals surface area contributed by atoms with E-state index in [1.165, 1.54) is 0 Å². The van der Waals surface area contributed by atoms with Crippen LogP contribution in [0.3, 0.4) is 0 Å². The van der Waals surface area contributed by atoms with Gasteiger partial charge in [0.05, 0.1) is 6.42 Å². The summed E-state index contributed by atoms with van der Waals surface area (Å²) in [6, 6.07) is 6.81. The number of phenolic OH excluding ortho intramolecular Hbond substituents is 1. The van der Waals surface area contributed by atoms with Crippen molar-refractivity contribution in [2.45, 2.75) is 26.7 Å². The average molecular weight is 264 g/mol. The fourth-order valence-corrected chi connectivity index (χ4v) is 2.01. The van der Waals surface area contributed by atoms with Crippen LogP contribution in [-0.4, -0.2) is 42.1 Å². The Bertz CT molecular complexity index is 393. The summed E-state index contributed by atoms with van der Waals surface area (Å²) >= 11 is 0. The number of nitrogens with one attached hydrogen (secondary N) is 1. The SMILES string of the molecule is CCCN(CC)CCNC(=O)Cc1cccc(O)c1. The number of benzene rings is 1. The first-order chi connectivity index (χ1) is 9.15. The zero-order valence-electron chi connectivity index (χ0n) is 11.9. The van der Waals surface area contributed by atoms with Gasteiger partial charge in [-0.05, 0) is 37.2 Å². The van der Waals surface area contributed by atoms with Gasteiger partial charge in [0.15, 0.2) is 0 Å². The van der Waals surface area contributed by atoms with Gasteiger partial charge in [0.25, 0.3) is 0 Å². The quantitative estimate of drug-likeness (QED) is 0.752. The molecule has 0 aliphatic carbocycles. The minimum atomic E-state index is -0.00171. The van der Waals surface area contributed by atoms with Gasteiger partial charge >= 0.3 is 0 Å². The van der Waals surface area contributed by atoms with Crippen LogP contribution in [0.2, 0.25) is 0 Å². The number of carbonyl (C=O) groups is 1. The van der Waals surface area contributed by atoms with Gasteiger partial charge in [0, 0.05) is 13.1 Å². The molecule has 4 heteroatoms. The second-order valence-corrected chi connectivity index (χ2v) is 4.63. The Morgan fingerprint density at radius 3 is 2.74 bits per heavy atom. The van der Waals surface area contributed by atoms with Crippen LogP contribution >= 0.6 is 0 Å². The summed E-state index contributed by atoms with van der Waals surface area (Å²) in [4.78, 5) is 14.1. The molecule has 0 aliphatic heterocycles. The van der Waals surface area contributed by atoms with E-state index in [1.807, 2.05) is 6.07 Å². The lowest BCUT2D eigenvalue weighted by Gasteiger charge is -2.19. The maximum Gasteiger partial charge on any atom is 0.224 e. The molecule has 1 rings (SSSR count). The van der Waals surface area contributed by atoms with E-state index in [2.05, 4.69) is 24.1 Å². The van der Waals surface area contributed by atoms with E-state index >= 15 is 0 Å². The third kappa shape index (κ3) is 6.25. The number of rotatable bonds is 8. The Morgan fingerprint density at radius 2 is 2.11 bits per heavy atom. The van der Waals surface area contributed by atoms with Crippen LogP contribution in [0.1, 0.15) is 25.8 Å². The van der Waals surface area contributed by atoms with Gasteiger partial charge in [0.2, 0.25) is 5.91 Å². The largest absolute Gasteiger partial charge is 0.508 e. The van der Waals surface area contributed by atoms with Gasteiger partial charge in [-0.15, -0.1) is 0 Å². The Kier molecular flexibility index (Phi) is 6.97. The van der Waals surface area contributed by atoms with Gasteiger partial charge in [0.1, 0.15) is 5.75 Å². The lowest BCUT2D eigenvalue weighted by Crippen LogP contribution is -2.35. The van der Waals surface area contributed by atoms with Crippen molar-refractivity contribution in [3.63, 3.8) is 0 Å². The predicted molar refractivity (Wildman–Crippen MR) is 77.2 cm³/mol. The molecule has 0 saturated carbocycles. The number of hydrogen-bond acceptors (Lipinski definition) is 3. The number of hydrogen-bond donors (Lipinski definition) is 2. The molecule has 4 nitrogen and oxygen atoms in total. The highest BCUT2D eigenvalue weighted by Gasteiger charge is 2.05. The molecule has 0 radical (unpaired) electrons. The molecule has 2 N–H and O–H groups in total. The van der Waals surface area contributed by atoms with Gasteiger partial charge in [-0.3, -0.25) is 4.79 Å². The maximum absolute atomic E-state index is 11.7. The second-order valence-electron chi connectivity index (χ2n) is 4.63. The summed E-state index contributed by atoms with van der Waals surface area (Å²) < 4.78 is 0. The summed E-state index contributed by atoms with van der Waals surface area (Å²) in [6.07, 6.45) is 1.44. The smallest absolute Gasteiger partial charge is 0.224 e. The van der Waals surface area contributed by atoms with E-state index in [1.54, 1.807) is 18.2 Å². The first kappa shape index (κ1) is 15.5. The molecule has 19 heavy (non-hydrogen) atoms. The highest BCUT2D eigenvalue weighted by Crippen LogP contribution is 2.11. The fraction of sp³-hybridized carbons (Fsp3) is 0.533. The summed E-state index contributed by atoms with van der Waals surface area (Å²) in [5, 5.41) is 12.2. The molecule has 0 atom stereocenters. The molecule has 0 spiro atoms. The standard InChI is InChI=1S/C15H24N2O2/c1-3-9-17(4-2)10-8-16-15(19)12-13-6-5-7-14(18)11-13/h5-7,11,18H,3-4,8-10,12H2,1-2H3,(H,16,19). The molecule has 106 valence electrons. The van der Waals surface area contributed by atoms with Crippen molar-refractivity contribution in [3.05, 3.63) is 29.8 Å². The second kappa shape index (κ2) is 8.53. The van der Waals surface area contributed by atoms with Crippen molar-refractivity contribution in [1.82, 2.24) is 10.2 Å². The third-order valence-electron chi connectivity index (χ3n) is 3.01. The lowest BCUT2D eigenvalue weighted by atomic mass is 10.1. The molecule has 1 amide bonds. The van der Waals surface area contributed by atoms with Gasteiger partial charge in [-0.25, -0.2) is 0 Å². The third-order valence-corrected chi connectivity index (χ3v) is 3.01. The first-order valence-corrected chi connectivity index (χ1v) is 6.92. The van der Waals surface area contributed by atoms with E-state index in [-0.39, 0.29) is 11.7 Å². The predicted octanol–water partition coefficient (Wildman–Crippen LogP) is 1.78. The van der Waals surface area contributed by atoms with Crippen molar-refractivity contribution >= 4 is 5.91 Å². The molecule has 0 unspecified atom stereocenters. The monoisotopic (exact) mass is 264 g/mol. The minimum Gasteiger partial charge on any atom is -0.508 e. The van der Waals surface area contributed by atoms with Crippen LogP contribution in [0.25, 0.3) is 0 Å². The van der Waals surface area contributed by atoms with E-state index in [4.69, 9.17) is 0 Å². The Hall–Kier alpha value is -1.55. The minimum absolute atomic E-state index is 0.00171. The normalized spacial score (nSPS) is 10.7. The number of likely N-dealkylation sites (N-methyl/N-ethyl adjacent to an activating group) is 1. The van der Waals surface area contributed by atoms with E-state index in [0.29, 0.717) is 13.0 Å². The Balaban J connectivity index is 2.28. The summed E-state index contributed by atoms with van der Waals surface area (Å²) in [5.41, 5.74) is 0.832. The lowest BCUT2D eigenvalue weighted by molar-refractivity contribution is -0.120. The van der Waals surface area contributed by atoms with Gasteiger partial charge in [-0.1, -0.05) is 26.0 Å². The molecular weight excluding hydrogens is 240 g/mol. The molecule has 0 fully saturated rings. The summed E-state index contributed by atoms with van der Waals surface area (Å²) in [6.45, 7) is 7.92. The van der Waals surface area contributed by atoms with Crippen LogP contribution in [0.4, 0.5) is 0 Å². The van der Waals surface area contributed by atoms with Crippen molar-refractivity contribution in [3.8, 4) is 5.75 Å². The fourth-order valence-electron chi connectivity index (χ4n) is 2.01. The van der Waals surface area contributed by atoms with Crippen LogP contribution in [0.15, 0.2) is 24.3 Å². The first-order valence-electron chi connectivity index (χ1n) is 6.92. The molecule has 1 aromatic carbocycles. The topological polar surface area (TPSA) is 52.6 Å². The zero-order valence-corrected chi connectivity index (χ0v) is 11.9. The van der Waals surface area contributed by atoms with Crippen LogP contribution in [0, 0.1) is 0 Å². The van der Waals surface area contributed by atoms with Crippen molar-refractivity contribution < 1.29 is 9.90 Å². The summed E-state index contributed by atoms with van der Waals surface area (Å²) in [5.74, 6) is 0.198. The van der Waals surface area contributed by atoms with Crippen molar-refractivity contribution in [1.29, 1.82) is 0 Å². The number of amides is 1. The molecule has 0 aromatic heterocycles. The van der Waals surface area contributed by atoms with E-state index in [0.717, 1.165) is 31.6 Å². The van der Waals surface area contributed by atoms with E-state index in [9.17, 15) is 9.90 Å². The maximum atomic E-state index is 11.7. The van der Waals surface area contributed by atoms with Crippen molar-refractivity contribution in [2.75, 3.05) is 26.2 Å². The molecular formula is C15H24N2O2. The highest BCUT2D eigenvalue weighted by molar-refractivity contribution is 5.78. The van der Waals surface area contributed by atoms with Crippen LogP contribution in [-0.2, 0) is 11.2 Å². The van der Waals surface area contributed by atoms with Crippen LogP contribution in [0.5, 0.6) is 5.75 Å². The van der Waals surface area contributed by atoms with Gasteiger partial charge < -0.3 is 15.3 Å². The molecule has 0 aliphatic rings. The summed E-state index contributed by atoms with van der Waals surface area (Å²) in [7, 11) is 0. The number of phenols is 1. The average Bonchev–Trinajstić information content (AvgIpc) is 2.37. The number of carbonyl (C=O) groups excluding carboxylic acids is 1. The molecule has 0 heterocycles. The molecule has 0 bridgehead atoms. The highest BCUT2D eigenvalue weighted by atomic mass is 16.3. The van der Waals surface area contributed by atoms with E-state index < -0.39 is 0 Å². The number of nitrogens with zero attached hydrogens (tertiary/aromatic N) is 1. The Morgan fingerprint density at radius 1 is 1.32 bits per heavy atom. The van der Waals surface area contributed by atoms with Crippen LogP contribution < -0.4 is 5.32 Å².